The van der Waals surface area contributed by atoms with Crippen LogP contribution in [0.1, 0.15) is 99.9 Å². The Labute approximate surface area is 246 Å². The second-order valence-electron chi connectivity index (χ2n) is 12.9. The van der Waals surface area contributed by atoms with Gasteiger partial charge in [0, 0.05) is 64.1 Å². The van der Waals surface area contributed by atoms with Crippen molar-refractivity contribution in [1.82, 2.24) is 14.7 Å². The lowest BCUT2D eigenvalue weighted by atomic mass is 9.75. The molecule has 3 saturated heterocycles. The molecule has 42 heavy (non-hydrogen) atoms. The monoisotopic (exact) mass is 595 g/mol. The molecule has 3 aliphatic heterocycles. The summed E-state index contributed by atoms with van der Waals surface area (Å²) in [5, 5.41) is 0. The van der Waals surface area contributed by atoms with E-state index in [2.05, 4.69) is 11.8 Å². The first-order valence-corrected chi connectivity index (χ1v) is 16.0. The standard InChI is InChI=1S/C32H45F4N3O3/c1-2-3-10-24-22-39(21-23-8-5-4-6-9-23)30(41)42-31(24)15-19-37(20-16-31)25-13-17-38(18-14-25)29(40)28-26(32(34,35)36)11-7-12-27(28)33/h7,11-12,23-25H,2-6,8-10,13-22H2,1H3. The molecule has 3 heterocycles. The maximum absolute atomic E-state index is 14.4. The second-order valence-corrected chi connectivity index (χ2v) is 12.9. The molecule has 1 unspecified atom stereocenters. The van der Waals surface area contributed by atoms with Gasteiger partial charge in [-0.3, -0.25) is 9.69 Å². The van der Waals surface area contributed by atoms with Crippen LogP contribution in [0.15, 0.2) is 18.2 Å². The SMILES string of the molecule is CCCCC1CN(CC2CCCCC2)C(=O)OC12CCN(C1CCN(C(=O)c3c(F)cccc3C(F)(F)F)CC1)CC2. The Kier molecular flexibility index (Phi) is 9.69. The molecule has 1 atom stereocenters. The van der Waals surface area contributed by atoms with E-state index in [1.165, 1.54) is 37.0 Å². The van der Waals surface area contributed by atoms with E-state index in [0.29, 0.717) is 24.7 Å². The van der Waals surface area contributed by atoms with E-state index in [1.807, 2.05) is 4.90 Å². The predicted molar refractivity (Wildman–Crippen MR) is 152 cm³/mol. The lowest BCUT2D eigenvalue weighted by molar-refractivity contribution is -0.138. The highest BCUT2D eigenvalue weighted by atomic mass is 19.4. The van der Waals surface area contributed by atoms with Gasteiger partial charge in [0.05, 0.1) is 11.1 Å². The third-order valence-electron chi connectivity index (χ3n) is 10.3. The highest BCUT2D eigenvalue weighted by Gasteiger charge is 2.50. The van der Waals surface area contributed by atoms with Crippen molar-refractivity contribution in [3.05, 3.63) is 35.1 Å². The minimum Gasteiger partial charge on any atom is -0.442 e. The molecule has 2 amide bonds. The molecule has 0 aromatic heterocycles. The molecule has 0 radical (unpaired) electrons. The predicted octanol–water partition coefficient (Wildman–Crippen LogP) is 7.12. The van der Waals surface area contributed by atoms with Crippen molar-refractivity contribution in [2.75, 3.05) is 39.3 Å². The molecule has 4 fully saturated rings. The fraction of sp³-hybridized carbons (Fsp3) is 0.750. The van der Waals surface area contributed by atoms with E-state index in [0.717, 1.165) is 76.5 Å². The van der Waals surface area contributed by atoms with Crippen LogP contribution in [0, 0.1) is 17.7 Å². The molecule has 0 N–H and O–H groups in total. The number of halogens is 4. The summed E-state index contributed by atoms with van der Waals surface area (Å²) in [7, 11) is 0. The minimum atomic E-state index is -4.81. The Balaban J connectivity index is 1.18. The number of nitrogens with zero attached hydrogens (tertiary/aromatic N) is 3. The number of unbranched alkanes of at least 4 members (excludes halogenated alkanes) is 1. The summed E-state index contributed by atoms with van der Waals surface area (Å²) in [5.41, 5.74) is -2.56. The van der Waals surface area contributed by atoms with Crippen LogP contribution < -0.4 is 0 Å². The van der Waals surface area contributed by atoms with Gasteiger partial charge >= 0.3 is 12.3 Å². The highest BCUT2D eigenvalue weighted by molar-refractivity contribution is 5.96. The zero-order chi connectivity index (χ0) is 29.9. The van der Waals surface area contributed by atoms with Crippen LogP contribution >= 0.6 is 0 Å². The van der Waals surface area contributed by atoms with Crippen molar-refractivity contribution in [2.24, 2.45) is 11.8 Å². The quantitative estimate of drug-likeness (QED) is 0.315. The summed E-state index contributed by atoms with van der Waals surface area (Å²) in [6, 6.07) is 2.83. The van der Waals surface area contributed by atoms with Crippen LogP contribution in [-0.4, -0.2) is 77.6 Å². The summed E-state index contributed by atoms with van der Waals surface area (Å²) >= 11 is 0. The number of benzene rings is 1. The van der Waals surface area contributed by atoms with Crippen molar-refractivity contribution in [3.63, 3.8) is 0 Å². The summed E-state index contributed by atoms with van der Waals surface area (Å²) in [5.74, 6) is -1.16. The number of likely N-dealkylation sites (tertiary alicyclic amines) is 2. The fourth-order valence-electron chi connectivity index (χ4n) is 7.81. The van der Waals surface area contributed by atoms with E-state index in [4.69, 9.17) is 4.74 Å². The number of hydrogen-bond donors (Lipinski definition) is 0. The first kappa shape index (κ1) is 31.1. The molecular formula is C32H45F4N3O3. The third kappa shape index (κ3) is 6.73. The summed E-state index contributed by atoms with van der Waals surface area (Å²) in [4.78, 5) is 31.9. The van der Waals surface area contributed by atoms with Gasteiger partial charge in [-0.15, -0.1) is 0 Å². The van der Waals surface area contributed by atoms with E-state index >= 15 is 0 Å². The summed E-state index contributed by atoms with van der Waals surface area (Å²) in [6.45, 7) is 5.88. The first-order valence-electron chi connectivity index (χ1n) is 16.0. The number of piperidine rings is 2. The Morgan fingerprint density at radius 2 is 1.71 bits per heavy atom. The molecule has 10 heteroatoms. The summed E-state index contributed by atoms with van der Waals surface area (Å²) < 4.78 is 61.2. The number of carbonyl (C=O) groups excluding carboxylic acids is 2. The van der Waals surface area contributed by atoms with Gasteiger partial charge in [-0.1, -0.05) is 45.1 Å². The fourth-order valence-corrected chi connectivity index (χ4v) is 7.81. The zero-order valence-corrected chi connectivity index (χ0v) is 24.8. The molecule has 6 nitrogen and oxygen atoms in total. The van der Waals surface area contributed by atoms with E-state index in [9.17, 15) is 27.2 Å². The van der Waals surface area contributed by atoms with Crippen LogP contribution in [0.5, 0.6) is 0 Å². The first-order chi connectivity index (χ1) is 20.1. The molecule has 4 aliphatic rings. The van der Waals surface area contributed by atoms with Gasteiger partial charge < -0.3 is 14.5 Å². The number of ether oxygens (including phenoxy) is 1. The third-order valence-corrected chi connectivity index (χ3v) is 10.3. The van der Waals surface area contributed by atoms with Crippen LogP contribution in [0.3, 0.4) is 0 Å². The lowest BCUT2D eigenvalue weighted by Crippen LogP contribution is -2.61. The Hall–Kier alpha value is -2.36. The summed E-state index contributed by atoms with van der Waals surface area (Å²) in [6.07, 6.45) is 7.22. The average molecular weight is 596 g/mol. The van der Waals surface area contributed by atoms with Crippen LogP contribution in [0.4, 0.5) is 22.4 Å². The molecule has 1 aromatic rings. The molecule has 1 aromatic carbocycles. The maximum Gasteiger partial charge on any atom is 0.417 e. The topological polar surface area (TPSA) is 53.1 Å². The average Bonchev–Trinajstić information content (AvgIpc) is 2.98. The van der Waals surface area contributed by atoms with E-state index < -0.39 is 34.6 Å². The van der Waals surface area contributed by atoms with Gasteiger partial charge in [0.1, 0.15) is 11.4 Å². The van der Waals surface area contributed by atoms with Crippen molar-refractivity contribution >= 4 is 12.0 Å². The van der Waals surface area contributed by atoms with Crippen molar-refractivity contribution in [1.29, 1.82) is 0 Å². The van der Waals surface area contributed by atoms with Gasteiger partial charge in [-0.05, 0) is 50.2 Å². The van der Waals surface area contributed by atoms with E-state index in [-0.39, 0.29) is 25.2 Å². The number of carbonyl (C=O) groups is 2. The van der Waals surface area contributed by atoms with Gasteiger partial charge in [0.15, 0.2) is 0 Å². The Morgan fingerprint density at radius 3 is 2.36 bits per heavy atom. The molecule has 1 saturated carbocycles. The number of hydrogen-bond acceptors (Lipinski definition) is 4. The van der Waals surface area contributed by atoms with Crippen LogP contribution in [-0.2, 0) is 10.9 Å². The van der Waals surface area contributed by atoms with Crippen molar-refractivity contribution < 1.29 is 31.9 Å². The Bertz CT molecular complexity index is 1090. The number of rotatable bonds is 7. The number of alkyl halides is 3. The Morgan fingerprint density at radius 1 is 1.02 bits per heavy atom. The van der Waals surface area contributed by atoms with Crippen molar-refractivity contribution in [2.45, 2.75) is 102 Å². The van der Waals surface area contributed by atoms with Crippen molar-refractivity contribution in [3.8, 4) is 0 Å². The molecule has 5 rings (SSSR count). The zero-order valence-electron chi connectivity index (χ0n) is 24.8. The smallest absolute Gasteiger partial charge is 0.417 e. The molecule has 1 spiro atoms. The van der Waals surface area contributed by atoms with Gasteiger partial charge in [0.25, 0.3) is 5.91 Å². The minimum absolute atomic E-state index is 0.167. The van der Waals surface area contributed by atoms with Crippen LogP contribution in [0.2, 0.25) is 0 Å². The van der Waals surface area contributed by atoms with Gasteiger partial charge in [-0.25, -0.2) is 9.18 Å². The molecular weight excluding hydrogens is 550 g/mol. The molecule has 234 valence electrons. The second kappa shape index (κ2) is 13.1. The van der Waals surface area contributed by atoms with Gasteiger partial charge in [-0.2, -0.15) is 13.2 Å². The molecule has 0 bridgehead atoms. The normalized spacial score (nSPS) is 24.7. The largest absolute Gasteiger partial charge is 0.442 e. The number of amides is 2. The lowest BCUT2D eigenvalue weighted by Gasteiger charge is -2.52. The highest BCUT2D eigenvalue weighted by Crippen LogP contribution is 2.42. The molecule has 1 aliphatic carbocycles. The van der Waals surface area contributed by atoms with E-state index in [1.54, 1.807) is 0 Å². The van der Waals surface area contributed by atoms with Crippen LogP contribution in [0.25, 0.3) is 0 Å². The maximum atomic E-state index is 14.4. The van der Waals surface area contributed by atoms with Gasteiger partial charge in [0.2, 0.25) is 0 Å².